The number of hydrogen-bond acceptors (Lipinski definition) is 5. The Morgan fingerprint density at radius 1 is 1.10 bits per heavy atom. The molecule has 0 amide bonds. The molecule has 5 nitrogen and oxygen atoms in total. The van der Waals surface area contributed by atoms with Crippen LogP contribution in [0.1, 0.15) is 24.8 Å². The first-order valence-corrected chi connectivity index (χ1v) is 6.56. The first-order valence-electron chi connectivity index (χ1n) is 6.56. The number of hydrogen-bond donors (Lipinski definition) is 1. The third-order valence-corrected chi connectivity index (χ3v) is 3.00. The van der Waals surface area contributed by atoms with Crippen molar-refractivity contribution in [1.82, 2.24) is 5.32 Å². The second-order valence-corrected chi connectivity index (χ2v) is 4.46. The lowest BCUT2D eigenvalue weighted by Crippen LogP contribution is -2.32. The Morgan fingerprint density at radius 2 is 1.75 bits per heavy atom. The first kappa shape index (κ1) is 16.2. The zero-order valence-corrected chi connectivity index (χ0v) is 11.9. The monoisotopic (exact) mass is 279 g/mol. The normalized spacial score (nSPS) is 11.7. The average Bonchev–Trinajstić information content (AvgIpc) is 2.50. The first-order chi connectivity index (χ1) is 9.65. The Kier molecular flexibility index (Phi) is 7.35. The van der Waals surface area contributed by atoms with Gasteiger partial charge in [0.2, 0.25) is 0 Å². The van der Waals surface area contributed by atoms with E-state index >= 15 is 0 Å². The van der Waals surface area contributed by atoms with Crippen LogP contribution in [-0.2, 0) is 25.6 Å². The van der Waals surface area contributed by atoms with Crippen molar-refractivity contribution >= 4 is 11.9 Å². The minimum atomic E-state index is -0.291. The molecule has 1 N–H and O–H groups in total. The molecule has 0 spiro atoms. The molecule has 1 rings (SSSR count). The maximum Gasteiger partial charge on any atom is 0.307 e. The van der Waals surface area contributed by atoms with Gasteiger partial charge in [0.25, 0.3) is 0 Å². The van der Waals surface area contributed by atoms with E-state index in [9.17, 15) is 9.59 Å². The highest BCUT2D eigenvalue weighted by molar-refractivity contribution is 5.71. The van der Waals surface area contributed by atoms with E-state index in [1.165, 1.54) is 14.2 Å². The van der Waals surface area contributed by atoms with Crippen LogP contribution in [0.3, 0.4) is 0 Å². The van der Waals surface area contributed by atoms with Crippen molar-refractivity contribution in [2.75, 3.05) is 14.2 Å². The summed E-state index contributed by atoms with van der Waals surface area (Å²) in [4.78, 5) is 22.5. The SMILES string of the molecule is COC(=O)CCC(CC(=O)OC)NCc1ccccc1. The molecule has 0 saturated heterocycles. The second-order valence-electron chi connectivity index (χ2n) is 4.46. The van der Waals surface area contributed by atoms with Crippen molar-refractivity contribution in [2.45, 2.75) is 31.8 Å². The largest absolute Gasteiger partial charge is 0.469 e. The molecule has 0 bridgehead atoms. The summed E-state index contributed by atoms with van der Waals surface area (Å²) in [5.41, 5.74) is 1.13. The minimum absolute atomic E-state index is 0.109. The van der Waals surface area contributed by atoms with Crippen LogP contribution in [0, 0.1) is 0 Å². The van der Waals surface area contributed by atoms with E-state index in [1.54, 1.807) is 0 Å². The van der Waals surface area contributed by atoms with Gasteiger partial charge in [0.1, 0.15) is 0 Å². The number of carbonyl (C=O) groups excluding carboxylic acids is 2. The number of rotatable bonds is 8. The Morgan fingerprint density at radius 3 is 2.35 bits per heavy atom. The topological polar surface area (TPSA) is 64.6 Å². The van der Waals surface area contributed by atoms with E-state index in [0.29, 0.717) is 13.0 Å². The molecule has 0 fully saturated rings. The van der Waals surface area contributed by atoms with E-state index in [2.05, 4.69) is 14.8 Å². The minimum Gasteiger partial charge on any atom is -0.469 e. The van der Waals surface area contributed by atoms with Crippen LogP contribution < -0.4 is 5.32 Å². The number of carbonyl (C=O) groups is 2. The molecule has 110 valence electrons. The molecule has 20 heavy (non-hydrogen) atoms. The fourth-order valence-electron chi connectivity index (χ4n) is 1.81. The highest BCUT2D eigenvalue weighted by atomic mass is 16.5. The van der Waals surface area contributed by atoms with Gasteiger partial charge in [0, 0.05) is 19.0 Å². The number of methoxy groups -OCH3 is 2. The van der Waals surface area contributed by atoms with Gasteiger partial charge in [-0.25, -0.2) is 0 Å². The lowest BCUT2D eigenvalue weighted by Gasteiger charge is -2.17. The van der Waals surface area contributed by atoms with Crippen LogP contribution in [0.2, 0.25) is 0 Å². The second kappa shape index (κ2) is 9.09. The number of ether oxygens (including phenoxy) is 2. The summed E-state index contributed by atoms with van der Waals surface area (Å²) in [6.07, 6.45) is 1.05. The van der Waals surface area contributed by atoms with Gasteiger partial charge in [0.15, 0.2) is 0 Å². The summed E-state index contributed by atoms with van der Waals surface area (Å²) < 4.78 is 9.28. The van der Waals surface area contributed by atoms with Crippen LogP contribution >= 0.6 is 0 Å². The van der Waals surface area contributed by atoms with Gasteiger partial charge in [0.05, 0.1) is 20.6 Å². The maximum atomic E-state index is 11.4. The van der Waals surface area contributed by atoms with Crippen LogP contribution in [0.5, 0.6) is 0 Å². The molecule has 5 heteroatoms. The van der Waals surface area contributed by atoms with Crippen molar-refractivity contribution in [1.29, 1.82) is 0 Å². The Balaban J connectivity index is 2.48. The highest BCUT2D eigenvalue weighted by Gasteiger charge is 2.15. The summed E-state index contributed by atoms with van der Waals surface area (Å²) in [7, 11) is 2.71. The van der Waals surface area contributed by atoms with Gasteiger partial charge in [-0.3, -0.25) is 9.59 Å². The van der Waals surface area contributed by atoms with Gasteiger partial charge in [-0.2, -0.15) is 0 Å². The lowest BCUT2D eigenvalue weighted by molar-refractivity contribution is -0.143. The highest BCUT2D eigenvalue weighted by Crippen LogP contribution is 2.07. The zero-order valence-electron chi connectivity index (χ0n) is 11.9. The van der Waals surface area contributed by atoms with E-state index < -0.39 is 0 Å². The van der Waals surface area contributed by atoms with Crippen LogP contribution in [-0.4, -0.2) is 32.2 Å². The molecule has 0 saturated carbocycles. The van der Waals surface area contributed by atoms with Crippen molar-refractivity contribution < 1.29 is 19.1 Å². The lowest BCUT2D eigenvalue weighted by atomic mass is 10.1. The summed E-state index contributed by atoms with van der Waals surface area (Å²) in [6.45, 7) is 0.643. The molecule has 0 radical (unpaired) electrons. The number of nitrogens with one attached hydrogen (secondary N) is 1. The van der Waals surface area contributed by atoms with E-state index in [-0.39, 0.29) is 30.8 Å². The molecule has 1 atom stereocenters. The van der Waals surface area contributed by atoms with Crippen molar-refractivity contribution in [2.24, 2.45) is 0 Å². The van der Waals surface area contributed by atoms with Crippen LogP contribution in [0.4, 0.5) is 0 Å². The summed E-state index contributed by atoms with van der Waals surface area (Å²) in [5, 5.41) is 3.27. The van der Waals surface area contributed by atoms with E-state index in [1.807, 2.05) is 30.3 Å². The molecule has 1 unspecified atom stereocenters. The Hall–Kier alpha value is -1.88. The fourth-order valence-corrected chi connectivity index (χ4v) is 1.81. The quantitative estimate of drug-likeness (QED) is 0.733. The molecular formula is C15H21NO4. The number of esters is 2. The van der Waals surface area contributed by atoms with Gasteiger partial charge in [-0.05, 0) is 12.0 Å². The summed E-state index contributed by atoms with van der Waals surface area (Å²) in [6, 6.07) is 9.76. The number of benzene rings is 1. The van der Waals surface area contributed by atoms with Crippen molar-refractivity contribution in [3.05, 3.63) is 35.9 Å². The fraction of sp³-hybridized carbons (Fsp3) is 0.467. The van der Waals surface area contributed by atoms with E-state index in [4.69, 9.17) is 0 Å². The van der Waals surface area contributed by atoms with Crippen LogP contribution in [0.15, 0.2) is 30.3 Å². The third-order valence-electron chi connectivity index (χ3n) is 3.00. The smallest absolute Gasteiger partial charge is 0.307 e. The van der Waals surface area contributed by atoms with E-state index in [0.717, 1.165) is 5.56 Å². The van der Waals surface area contributed by atoms with Gasteiger partial charge >= 0.3 is 11.9 Å². The predicted molar refractivity (Wildman–Crippen MR) is 75.0 cm³/mol. The van der Waals surface area contributed by atoms with Crippen LogP contribution in [0.25, 0.3) is 0 Å². The molecular weight excluding hydrogens is 258 g/mol. The Bertz CT molecular complexity index is 419. The van der Waals surface area contributed by atoms with Gasteiger partial charge in [-0.1, -0.05) is 30.3 Å². The van der Waals surface area contributed by atoms with Gasteiger partial charge in [-0.15, -0.1) is 0 Å². The van der Waals surface area contributed by atoms with Crippen molar-refractivity contribution in [3.63, 3.8) is 0 Å². The predicted octanol–water partition coefficient (Wildman–Crippen LogP) is 1.66. The van der Waals surface area contributed by atoms with Gasteiger partial charge < -0.3 is 14.8 Å². The molecule has 1 aromatic carbocycles. The van der Waals surface area contributed by atoms with Crippen molar-refractivity contribution in [3.8, 4) is 0 Å². The third kappa shape index (κ3) is 6.33. The zero-order chi connectivity index (χ0) is 14.8. The molecule has 0 heterocycles. The summed E-state index contributed by atoms with van der Waals surface area (Å²) >= 11 is 0. The molecule has 0 aliphatic carbocycles. The molecule has 0 aliphatic heterocycles. The maximum absolute atomic E-state index is 11.4. The summed E-state index contributed by atoms with van der Waals surface area (Å²) in [5.74, 6) is -0.568. The molecule has 1 aromatic rings. The standard InChI is InChI=1S/C15H21NO4/c1-19-14(17)9-8-13(10-15(18)20-2)16-11-12-6-4-3-5-7-12/h3-7,13,16H,8-11H2,1-2H3. The molecule has 0 aliphatic rings. The average molecular weight is 279 g/mol. The Labute approximate surface area is 119 Å². The molecule has 0 aromatic heterocycles.